The van der Waals surface area contributed by atoms with E-state index in [-0.39, 0.29) is 5.41 Å². The fourth-order valence-electron chi connectivity index (χ4n) is 3.43. The van der Waals surface area contributed by atoms with Crippen molar-refractivity contribution < 1.29 is 5.11 Å². The summed E-state index contributed by atoms with van der Waals surface area (Å²) in [6.07, 6.45) is 5.99. The number of aliphatic hydroxyl groups is 1. The van der Waals surface area contributed by atoms with Crippen molar-refractivity contribution in [3.63, 3.8) is 0 Å². The minimum absolute atomic E-state index is 0.100. The van der Waals surface area contributed by atoms with Crippen LogP contribution in [-0.4, -0.2) is 10.1 Å². The summed E-state index contributed by atoms with van der Waals surface area (Å²) in [5, 5.41) is 12.4. The van der Waals surface area contributed by atoms with Crippen LogP contribution < -0.4 is 0 Å². The molecule has 1 aliphatic carbocycles. The molecule has 19 heavy (non-hydrogen) atoms. The second kappa shape index (κ2) is 4.31. The highest BCUT2D eigenvalue weighted by Crippen LogP contribution is 2.51. The first kappa shape index (κ1) is 12.6. The molecule has 1 atom stereocenters. The van der Waals surface area contributed by atoms with Gasteiger partial charge in [0.05, 0.1) is 11.1 Å². The van der Waals surface area contributed by atoms with E-state index in [1.807, 2.05) is 24.4 Å². The molecule has 0 aliphatic heterocycles. The van der Waals surface area contributed by atoms with E-state index < -0.39 is 5.60 Å². The van der Waals surface area contributed by atoms with Crippen LogP contribution in [0.5, 0.6) is 0 Å². The van der Waals surface area contributed by atoms with Crippen LogP contribution in [0.4, 0.5) is 0 Å². The van der Waals surface area contributed by atoms with Crippen LogP contribution >= 0.6 is 0 Å². The minimum Gasteiger partial charge on any atom is -0.385 e. The lowest BCUT2D eigenvalue weighted by atomic mass is 9.62. The summed E-state index contributed by atoms with van der Waals surface area (Å²) >= 11 is 0. The predicted octanol–water partition coefficient (Wildman–Crippen LogP) is 4.02. The highest BCUT2D eigenvalue weighted by atomic mass is 16.3. The van der Waals surface area contributed by atoms with E-state index in [9.17, 15) is 5.11 Å². The summed E-state index contributed by atoms with van der Waals surface area (Å²) in [7, 11) is 0. The molecule has 1 saturated carbocycles. The number of pyridine rings is 1. The first-order valence-electron chi connectivity index (χ1n) is 7.11. The van der Waals surface area contributed by atoms with Crippen LogP contribution in [0.25, 0.3) is 10.9 Å². The third-order valence-corrected chi connectivity index (χ3v) is 4.79. The topological polar surface area (TPSA) is 33.1 Å². The van der Waals surface area contributed by atoms with Crippen molar-refractivity contribution in [1.29, 1.82) is 0 Å². The maximum Gasteiger partial charge on any atom is 0.0968 e. The fourth-order valence-corrected chi connectivity index (χ4v) is 3.43. The Kier molecular flexibility index (Phi) is 2.86. The molecule has 1 heterocycles. The number of aromatic nitrogens is 1. The highest BCUT2D eigenvalue weighted by Gasteiger charge is 2.47. The molecule has 1 aromatic heterocycles. The molecule has 1 aromatic carbocycles. The molecule has 0 saturated heterocycles. The van der Waals surface area contributed by atoms with E-state index in [2.05, 4.69) is 31.0 Å². The van der Waals surface area contributed by atoms with Crippen LogP contribution in [-0.2, 0) is 5.60 Å². The molecule has 0 spiro atoms. The van der Waals surface area contributed by atoms with Crippen molar-refractivity contribution in [2.75, 3.05) is 0 Å². The number of nitrogens with zero attached hydrogens (tertiary/aromatic N) is 1. The van der Waals surface area contributed by atoms with E-state index in [1.54, 1.807) is 0 Å². The van der Waals surface area contributed by atoms with Gasteiger partial charge in [0, 0.05) is 17.1 Å². The van der Waals surface area contributed by atoms with Gasteiger partial charge in [0.15, 0.2) is 0 Å². The Morgan fingerprint density at radius 2 is 1.79 bits per heavy atom. The molecule has 2 aromatic rings. The second-order valence-corrected chi connectivity index (χ2v) is 6.33. The first-order chi connectivity index (χ1) is 9.05. The molecule has 0 radical (unpaired) electrons. The second-order valence-electron chi connectivity index (χ2n) is 6.33. The van der Waals surface area contributed by atoms with Gasteiger partial charge in [-0.05, 0) is 24.3 Å². The summed E-state index contributed by atoms with van der Waals surface area (Å²) in [6, 6.07) is 10.1. The van der Waals surface area contributed by atoms with E-state index in [4.69, 9.17) is 0 Å². The summed E-state index contributed by atoms with van der Waals surface area (Å²) in [4.78, 5) is 4.51. The lowest BCUT2D eigenvalue weighted by molar-refractivity contribution is -0.102. The normalized spacial score (nSPS) is 26.5. The molecule has 2 heteroatoms. The van der Waals surface area contributed by atoms with E-state index >= 15 is 0 Å². The van der Waals surface area contributed by atoms with E-state index in [1.165, 1.54) is 6.42 Å². The minimum atomic E-state index is -0.765. The average Bonchev–Trinajstić information content (AvgIpc) is 2.41. The number of hydrogen-bond acceptors (Lipinski definition) is 2. The quantitative estimate of drug-likeness (QED) is 0.834. The zero-order valence-electron chi connectivity index (χ0n) is 11.7. The Bertz CT molecular complexity index is 600. The maximum atomic E-state index is 11.3. The summed E-state index contributed by atoms with van der Waals surface area (Å²) in [5.74, 6) is 0. The van der Waals surface area contributed by atoms with Gasteiger partial charge in [-0.2, -0.15) is 0 Å². The number of hydrogen-bond donors (Lipinski definition) is 1. The number of fused-ring (bicyclic) bond motifs is 1. The van der Waals surface area contributed by atoms with Crippen LogP contribution in [0.1, 0.15) is 45.1 Å². The van der Waals surface area contributed by atoms with Crippen LogP contribution in [0, 0.1) is 5.41 Å². The van der Waals surface area contributed by atoms with Crippen molar-refractivity contribution in [3.8, 4) is 0 Å². The van der Waals surface area contributed by atoms with Gasteiger partial charge in [-0.25, -0.2) is 0 Å². The van der Waals surface area contributed by atoms with Crippen LogP contribution in [0.2, 0.25) is 0 Å². The van der Waals surface area contributed by atoms with Crippen LogP contribution in [0.15, 0.2) is 36.5 Å². The number of para-hydroxylation sites is 1. The monoisotopic (exact) mass is 255 g/mol. The Morgan fingerprint density at radius 3 is 2.58 bits per heavy atom. The number of benzene rings is 1. The van der Waals surface area contributed by atoms with Crippen LogP contribution in [0.3, 0.4) is 0 Å². The molecular weight excluding hydrogens is 234 g/mol. The Morgan fingerprint density at radius 1 is 1.05 bits per heavy atom. The SMILES string of the molecule is CC1(C)CCCCC1(O)c1cccc2cccnc12. The molecule has 0 bridgehead atoms. The predicted molar refractivity (Wildman–Crippen MR) is 77.9 cm³/mol. The average molecular weight is 255 g/mol. The third-order valence-electron chi connectivity index (χ3n) is 4.79. The smallest absolute Gasteiger partial charge is 0.0968 e. The molecule has 1 aliphatic rings. The molecule has 0 amide bonds. The van der Waals surface area contributed by atoms with Crippen molar-refractivity contribution in [2.24, 2.45) is 5.41 Å². The standard InChI is InChI=1S/C17H21NO/c1-16(2)10-3-4-11-17(16,19)14-9-5-7-13-8-6-12-18-15(13)14/h5-9,12,19H,3-4,10-11H2,1-2H3. The Labute approximate surface area is 114 Å². The van der Waals surface area contributed by atoms with Gasteiger partial charge in [-0.3, -0.25) is 4.98 Å². The zero-order valence-corrected chi connectivity index (χ0v) is 11.7. The molecule has 3 rings (SSSR count). The zero-order chi connectivity index (χ0) is 13.5. The summed E-state index contributed by atoms with van der Waals surface area (Å²) < 4.78 is 0. The molecule has 2 nitrogen and oxygen atoms in total. The van der Waals surface area contributed by atoms with E-state index in [0.717, 1.165) is 35.7 Å². The highest BCUT2D eigenvalue weighted by molar-refractivity contribution is 5.82. The molecular formula is C17H21NO. The largest absolute Gasteiger partial charge is 0.385 e. The maximum absolute atomic E-state index is 11.3. The van der Waals surface area contributed by atoms with Gasteiger partial charge in [-0.1, -0.05) is 51.0 Å². The van der Waals surface area contributed by atoms with Gasteiger partial charge in [-0.15, -0.1) is 0 Å². The summed E-state index contributed by atoms with van der Waals surface area (Å²) in [5.41, 5.74) is 1.08. The lowest BCUT2D eigenvalue weighted by Crippen LogP contribution is -2.44. The van der Waals surface area contributed by atoms with Gasteiger partial charge >= 0.3 is 0 Å². The Balaban J connectivity index is 2.23. The van der Waals surface area contributed by atoms with E-state index in [0.29, 0.717) is 0 Å². The third kappa shape index (κ3) is 1.86. The van der Waals surface area contributed by atoms with Crippen molar-refractivity contribution in [3.05, 3.63) is 42.1 Å². The number of rotatable bonds is 1. The Hall–Kier alpha value is -1.41. The molecule has 1 fully saturated rings. The first-order valence-corrected chi connectivity index (χ1v) is 7.11. The lowest BCUT2D eigenvalue weighted by Gasteiger charge is -2.47. The summed E-state index contributed by atoms with van der Waals surface area (Å²) in [6.45, 7) is 4.35. The molecule has 1 unspecified atom stereocenters. The van der Waals surface area contributed by atoms with Crippen molar-refractivity contribution >= 4 is 10.9 Å². The molecule has 1 N–H and O–H groups in total. The van der Waals surface area contributed by atoms with Gasteiger partial charge < -0.3 is 5.11 Å². The van der Waals surface area contributed by atoms with Gasteiger partial charge in [0.2, 0.25) is 0 Å². The van der Waals surface area contributed by atoms with Gasteiger partial charge in [0.25, 0.3) is 0 Å². The fraction of sp³-hybridized carbons (Fsp3) is 0.471. The van der Waals surface area contributed by atoms with Gasteiger partial charge in [0.1, 0.15) is 0 Å². The van der Waals surface area contributed by atoms with Crippen molar-refractivity contribution in [1.82, 2.24) is 4.98 Å². The van der Waals surface area contributed by atoms with Crippen molar-refractivity contribution in [2.45, 2.75) is 45.1 Å². The molecule has 100 valence electrons.